The van der Waals surface area contributed by atoms with Crippen LogP contribution in [0.3, 0.4) is 0 Å². The monoisotopic (exact) mass is 414 g/mol. The standard InChI is InChI=1S/C24H22N4O3/c29-22(25-13-12-17-7-2-1-3-8-17)15-21-23(30)27(16-18-9-6-14-31-18)24-26-19-10-4-5-11-20(19)28(21)24/h1-11,14,21H,12-13,15-16H2,(H,25,29)/t21-/m0/s1. The number of nitrogens with zero attached hydrogens (tertiary/aromatic N) is 3. The third kappa shape index (κ3) is 3.70. The van der Waals surface area contributed by atoms with Gasteiger partial charge in [-0.1, -0.05) is 42.5 Å². The second-order valence-electron chi connectivity index (χ2n) is 7.58. The quantitative estimate of drug-likeness (QED) is 0.502. The van der Waals surface area contributed by atoms with Gasteiger partial charge in [-0.2, -0.15) is 0 Å². The van der Waals surface area contributed by atoms with Gasteiger partial charge in [-0.05, 0) is 36.2 Å². The van der Waals surface area contributed by atoms with Gasteiger partial charge in [-0.3, -0.25) is 19.1 Å². The van der Waals surface area contributed by atoms with Gasteiger partial charge in [0.1, 0.15) is 11.8 Å². The Balaban J connectivity index is 1.35. The molecule has 1 aliphatic rings. The average molecular weight is 414 g/mol. The number of hydrogen-bond acceptors (Lipinski definition) is 4. The summed E-state index contributed by atoms with van der Waals surface area (Å²) >= 11 is 0. The largest absolute Gasteiger partial charge is 0.467 e. The molecular formula is C24H22N4O3. The summed E-state index contributed by atoms with van der Waals surface area (Å²) < 4.78 is 7.31. The molecule has 0 saturated carbocycles. The maximum atomic E-state index is 13.3. The summed E-state index contributed by atoms with van der Waals surface area (Å²) in [5.74, 6) is 0.908. The van der Waals surface area contributed by atoms with Crippen LogP contribution < -0.4 is 10.2 Å². The number of para-hydroxylation sites is 2. The maximum absolute atomic E-state index is 13.3. The Morgan fingerprint density at radius 2 is 1.84 bits per heavy atom. The molecule has 1 aliphatic heterocycles. The zero-order chi connectivity index (χ0) is 21.2. The lowest BCUT2D eigenvalue weighted by Gasteiger charge is -2.15. The SMILES string of the molecule is O=C(C[C@H]1C(=O)N(Cc2ccco2)c2nc3ccccc3n21)NCCc1ccccc1. The molecular weight excluding hydrogens is 392 g/mol. The fourth-order valence-electron chi connectivity index (χ4n) is 4.04. The van der Waals surface area contributed by atoms with Gasteiger partial charge in [0.2, 0.25) is 11.9 Å². The topological polar surface area (TPSA) is 80.4 Å². The first-order valence-electron chi connectivity index (χ1n) is 10.3. The van der Waals surface area contributed by atoms with Crippen molar-refractivity contribution in [1.82, 2.24) is 14.9 Å². The van der Waals surface area contributed by atoms with Crippen molar-refractivity contribution in [2.24, 2.45) is 0 Å². The molecule has 0 spiro atoms. The van der Waals surface area contributed by atoms with Gasteiger partial charge < -0.3 is 9.73 Å². The van der Waals surface area contributed by atoms with E-state index in [2.05, 4.69) is 10.3 Å². The van der Waals surface area contributed by atoms with Crippen molar-refractivity contribution in [1.29, 1.82) is 0 Å². The molecule has 7 heteroatoms. The van der Waals surface area contributed by atoms with Crippen LogP contribution in [0.15, 0.2) is 77.4 Å². The number of furan rings is 1. The molecule has 0 radical (unpaired) electrons. The molecule has 0 unspecified atom stereocenters. The molecule has 0 fully saturated rings. The normalized spacial score (nSPS) is 15.4. The van der Waals surface area contributed by atoms with Gasteiger partial charge >= 0.3 is 0 Å². The van der Waals surface area contributed by atoms with E-state index in [1.54, 1.807) is 17.2 Å². The Morgan fingerprint density at radius 1 is 1.03 bits per heavy atom. The van der Waals surface area contributed by atoms with E-state index in [1.165, 1.54) is 0 Å². The summed E-state index contributed by atoms with van der Waals surface area (Å²) in [5, 5.41) is 2.95. The molecule has 3 heterocycles. The number of anilines is 1. The van der Waals surface area contributed by atoms with Gasteiger partial charge in [0, 0.05) is 6.54 Å². The summed E-state index contributed by atoms with van der Waals surface area (Å²) in [6.07, 6.45) is 2.39. The van der Waals surface area contributed by atoms with Crippen molar-refractivity contribution in [3.8, 4) is 0 Å². The van der Waals surface area contributed by atoms with E-state index in [1.807, 2.05) is 65.2 Å². The van der Waals surface area contributed by atoms with Crippen LogP contribution in [0.1, 0.15) is 23.8 Å². The molecule has 5 rings (SSSR count). The number of nitrogens with one attached hydrogen (secondary N) is 1. The van der Waals surface area contributed by atoms with Crippen molar-refractivity contribution in [2.75, 3.05) is 11.4 Å². The Morgan fingerprint density at radius 3 is 2.65 bits per heavy atom. The van der Waals surface area contributed by atoms with Crippen molar-refractivity contribution >= 4 is 28.8 Å². The molecule has 0 saturated heterocycles. The smallest absolute Gasteiger partial charge is 0.253 e. The highest BCUT2D eigenvalue weighted by Crippen LogP contribution is 2.37. The molecule has 1 N–H and O–H groups in total. The lowest BCUT2D eigenvalue weighted by molar-refractivity contribution is -0.127. The second kappa shape index (κ2) is 8.10. The fourth-order valence-corrected chi connectivity index (χ4v) is 4.04. The third-order valence-electron chi connectivity index (χ3n) is 5.53. The molecule has 0 bridgehead atoms. The van der Waals surface area contributed by atoms with Crippen LogP contribution in [-0.4, -0.2) is 27.9 Å². The highest BCUT2D eigenvalue weighted by Gasteiger charge is 2.41. The molecule has 156 valence electrons. The van der Waals surface area contributed by atoms with E-state index in [0.29, 0.717) is 18.3 Å². The first-order chi connectivity index (χ1) is 15.2. The van der Waals surface area contributed by atoms with Crippen LogP contribution in [-0.2, 0) is 22.6 Å². The van der Waals surface area contributed by atoms with Gasteiger partial charge in [0.25, 0.3) is 5.91 Å². The van der Waals surface area contributed by atoms with Crippen LogP contribution in [0.2, 0.25) is 0 Å². The number of hydrogen-bond donors (Lipinski definition) is 1. The van der Waals surface area contributed by atoms with Crippen molar-refractivity contribution in [3.05, 3.63) is 84.3 Å². The van der Waals surface area contributed by atoms with E-state index in [4.69, 9.17) is 4.42 Å². The summed E-state index contributed by atoms with van der Waals surface area (Å²) in [7, 11) is 0. The van der Waals surface area contributed by atoms with Crippen LogP contribution in [0.25, 0.3) is 11.0 Å². The molecule has 0 aliphatic carbocycles. The van der Waals surface area contributed by atoms with Gasteiger partial charge in [0.05, 0.1) is 30.3 Å². The Hall–Kier alpha value is -3.87. The second-order valence-corrected chi connectivity index (χ2v) is 7.58. The van der Waals surface area contributed by atoms with Crippen molar-refractivity contribution in [2.45, 2.75) is 25.4 Å². The summed E-state index contributed by atoms with van der Waals surface area (Å²) in [4.78, 5) is 32.2. The number of imidazole rings is 1. The molecule has 2 aromatic carbocycles. The minimum Gasteiger partial charge on any atom is -0.467 e. The van der Waals surface area contributed by atoms with E-state index in [0.717, 1.165) is 23.0 Å². The highest BCUT2D eigenvalue weighted by molar-refractivity contribution is 6.03. The minimum absolute atomic E-state index is 0.0651. The molecule has 1 atom stereocenters. The molecule has 2 amide bonds. The zero-order valence-electron chi connectivity index (χ0n) is 16.9. The van der Waals surface area contributed by atoms with E-state index >= 15 is 0 Å². The summed E-state index contributed by atoms with van der Waals surface area (Å²) in [5.41, 5.74) is 2.80. The molecule has 7 nitrogen and oxygen atoms in total. The van der Waals surface area contributed by atoms with Gasteiger partial charge in [0.15, 0.2) is 0 Å². The van der Waals surface area contributed by atoms with Crippen LogP contribution in [0.5, 0.6) is 0 Å². The predicted molar refractivity (Wildman–Crippen MR) is 116 cm³/mol. The average Bonchev–Trinajstić information content (AvgIpc) is 3.48. The number of rotatable bonds is 7. The number of aromatic nitrogens is 2. The number of carbonyl (C=O) groups is 2. The Kier molecular flexibility index (Phi) is 5.00. The molecule has 31 heavy (non-hydrogen) atoms. The number of benzene rings is 2. The Labute approximate surface area is 179 Å². The van der Waals surface area contributed by atoms with Crippen molar-refractivity contribution < 1.29 is 14.0 Å². The maximum Gasteiger partial charge on any atom is 0.253 e. The van der Waals surface area contributed by atoms with Crippen LogP contribution in [0, 0.1) is 0 Å². The van der Waals surface area contributed by atoms with E-state index < -0.39 is 6.04 Å². The summed E-state index contributed by atoms with van der Waals surface area (Å²) in [6.45, 7) is 0.804. The lowest BCUT2D eigenvalue weighted by atomic mass is 10.1. The first-order valence-corrected chi connectivity index (χ1v) is 10.3. The summed E-state index contributed by atoms with van der Waals surface area (Å²) in [6, 6.07) is 20.6. The minimum atomic E-state index is -0.630. The number of carbonyl (C=O) groups excluding carboxylic acids is 2. The zero-order valence-corrected chi connectivity index (χ0v) is 16.9. The van der Waals surface area contributed by atoms with E-state index in [9.17, 15) is 9.59 Å². The first kappa shape index (κ1) is 19.1. The number of fused-ring (bicyclic) bond motifs is 3. The highest BCUT2D eigenvalue weighted by atomic mass is 16.3. The van der Waals surface area contributed by atoms with Gasteiger partial charge in [-0.25, -0.2) is 4.98 Å². The van der Waals surface area contributed by atoms with Crippen LogP contribution >= 0.6 is 0 Å². The Bertz CT molecular complexity index is 1210. The van der Waals surface area contributed by atoms with E-state index in [-0.39, 0.29) is 24.8 Å². The lowest BCUT2D eigenvalue weighted by Crippen LogP contribution is -2.33. The molecule has 4 aromatic rings. The predicted octanol–water partition coefficient (Wildman–Crippen LogP) is 3.47. The van der Waals surface area contributed by atoms with Crippen LogP contribution in [0.4, 0.5) is 5.95 Å². The third-order valence-corrected chi connectivity index (χ3v) is 5.53. The van der Waals surface area contributed by atoms with Gasteiger partial charge in [-0.15, -0.1) is 0 Å². The number of amides is 2. The molecule has 2 aromatic heterocycles. The van der Waals surface area contributed by atoms with Crippen molar-refractivity contribution in [3.63, 3.8) is 0 Å². The fraction of sp³-hybridized carbons (Fsp3) is 0.208.